The molecule has 1 aliphatic rings. The van der Waals surface area contributed by atoms with Crippen LogP contribution in [-0.2, 0) is 11.2 Å². The molecule has 0 spiro atoms. The molecule has 0 unspecified atom stereocenters. The van der Waals surface area contributed by atoms with Crippen LogP contribution in [0.15, 0.2) is 4.42 Å². The van der Waals surface area contributed by atoms with Crippen LogP contribution in [0.2, 0.25) is 0 Å². The number of rotatable bonds is 3. The van der Waals surface area contributed by atoms with Crippen LogP contribution in [0.4, 0.5) is 0 Å². The van der Waals surface area contributed by atoms with Gasteiger partial charge in [0.05, 0.1) is 0 Å². The lowest BCUT2D eigenvalue weighted by Crippen LogP contribution is -2.14. The van der Waals surface area contributed by atoms with E-state index in [0.717, 1.165) is 31.9 Å². The fraction of sp³-hybridized carbons (Fsp3) is 0.778. The summed E-state index contributed by atoms with van der Waals surface area (Å²) in [7, 11) is 0. The summed E-state index contributed by atoms with van der Waals surface area (Å²) in [6, 6.07) is 0. The molecule has 0 aromatic carbocycles. The summed E-state index contributed by atoms with van der Waals surface area (Å²) < 4.78 is 10.8. The first-order valence-electron chi connectivity index (χ1n) is 5.00. The van der Waals surface area contributed by atoms with Crippen LogP contribution in [0.1, 0.15) is 30.5 Å². The molecule has 78 valence electrons. The van der Waals surface area contributed by atoms with Gasteiger partial charge in [-0.15, -0.1) is 10.2 Å². The minimum Gasteiger partial charge on any atom is -0.425 e. The summed E-state index contributed by atoms with van der Waals surface area (Å²) in [6.07, 6.45) is 2.62. The number of aromatic nitrogens is 2. The third-order valence-corrected chi connectivity index (χ3v) is 2.41. The van der Waals surface area contributed by atoms with Gasteiger partial charge < -0.3 is 14.9 Å². The largest absolute Gasteiger partial charge is 0.425 e. The van der Waals surface area contributed by atoms with Crippen molar-refractivity contribution < 1.29 is 9.15 Å². The standard InChI is InChI=1S/C9H15N3O2/c10-4-1-8-11-12-9(14-8)7-2-5-13-6-3-7/h7H,1-6,10H2. The summed E-state index contributed by atoms with van der Waals surface area (Å²) >= 11 is 0. The van der Waals surface area contributed by atoms with Crippen molar-refractivity contribution in [2.24, 2.45) is 5.73 Å². The molecule has 2 heterocycles. The summed E-state index contributed by atoms with van der Waals surface area (Å²) in [5.41, 5.74) is 5.40. The van der Waals surface area contributed by atoms with Crippen LogP contribution in [0.3, 0.4) is 0 Å². The Labute approximate surface area is 82.6 Å². The quantitative estimate of drug-likeness (QED) is 0.762. The van der Waals surface area contributed by atoms with Gasteiger partial charge in [-0.25, -0.2) is 0 Å². The maximum atomic E-state index is 5.51. The van der Waals surface area contributed by atoms with Crippen molar-refractivity contribution in [3.63, 3.8) is 0 Å². The van der Waals surface area contributed by atoms with Crippen molar-refractivity contribution in [1.82, 2.24) is 10.2 Å². The SMILES string of the molecule is NCCc1nnc(C2CCOCC2)o1. The third-order valence-electron chi connectivity index (χ3n) is 2.41. The zero-order chi connectivity index (χ0) is 9.80. The summed E-state index contributed by atoms with van der Waals surface area (Å²) in [4.78, 5) is 0. The van der Waals surface area contributed by atoms with Crippen molar-refractivity contribution in [3.05, 3.63) is 11.8 Å². The molecule has 1 fully saturated rings. The van der Waals surface area contributed by atoms with Crippen molar-refractivity contribution in [2.75, 3.05) is 19.8 Å². The highest BCUT2D eigenvalue weighted by atomic mass is 16.5. The monoisotopic (exact) mass is 197 g/mol. The van der Waals surface area contributed by atoms with Crippen molar-refractivity contribution in [3.8, 4) is 0 Å². The van der Waals surface area contributed by atoms with Gasteiger partial charge in [-0.3, -0.25) is 0 Å². The molecule has 1 aromatic rings. The Hall–Kier alpha value is -0.940. The molecular weight excluding hydrogens is 182 g/mol. The van der Waals surface area contributed by atoms with Gasteiger partial charge >= 0.3 is 0 Å². The van der Waals surface area contributed by atoms with E-state index < -0.39 is 0 Å². The average molecular weight is 197 g/mol. The average Bonchev–Trinajstić information content (AvgIpc) is 2.68. The van der Waals surface area contributed by atoms with Gasteiger partial charge in [0.25, 0.3) is 0 Å². The van der Waals surface area contributed by atoms with E-state index in [1.807, 2.05) is 0 Å². The third kappa shape index (κ3) is 2.10. The highest BCUT2D eigenvalue weighted by Gasteiger charge is 2.21. The highest BCUT2D eigenvalue weighted by molar-refractivity contribution is 4.92. The topological polar surface area (TPSA) is 74.2 Å². The predicted molar refractivity (Wildman–Crippen MR) is 49.9 cm³/mol. The summed E-state index contributed by atoms with van der Waals surface area (Å²) in [5.74, 6) is 1.77. The molecule has 1 saturated heterocycles. The Morgan fingerprint density at radius 2 is 2.07 bits per heavy atom. The smallest absolute Gasteiger partial charge is 0.219 e. The van der Waals surface area contributed by atoms with Gasteiger partial charge in [-0.05, 0) is 12.8 Å². The number of hydrogen-bond donors (Lipinski definition) is 1. The van der Waals surface area contributed by atoms with E-state index in [4.69, 9.17) is 14.9 Å². The molecule has 0 radical (unpaired) electrons. The summed E-state index contributed by atoms with van der Waals surface area (Å²) in [5, 5.41) is 7.97. The number of ether oxygens (including phenoxy) is 1. The molecule has 5 nitrogen and oxygen atoms in total. The Kier molecular flexibility index (Phi) is 3.10. The normalized spacial score (nSPS) is 18.6. The number of nitrogens with zero attached hydrogens (tertiary/aromatic N) is 2. The number of hydrogen-bond acceptors (Lipinski definition) is 5. The molecule has 0 saturated carbocycles. The number of nitrogens with two attached hydrogens (primary N) is 1. The molecule has 0 aliphatic carbocycles. The van der Waals surface area contributed by atoms with E-state index in [9.17, 15) is 0 Å². The lowest BCUT2D eigenvalue weighted by Gasteiger charge is -2.18. The molecule has 5 heteroatoms. The maximum Gasteiger partial charge on any atom is 0.219 e. The van der Waals surface area contributed by atoms with Crippen LogP contribution in [0.5, 0.6) is 0 Å². The molecule has 0 amide bonds. The van der Waals surface area contributed by atoms with Crippen LogP contribution in [0.25, 0.3) is 0 Å². The van der Waals surface area contributed by atoms with Gasteiger partial charge in [0.1, 0.15) is 0 Å². The van der Waals surface area contributed by atoms with Crippen LogP contribution < -0.4 is 5.73 Å². The molecule has 0 bridgehead atoms. The van der Waals surface area contributed by atoms with E-state index in [2.05, 4.69) is 10.2 Å². The molecule has 1 aliphatic heterocycles. The molecule has 2 N–H and O–H groups in total. The Bertz CT molecular complexity index is 281. The van der Waals surface area contributed by atoms with E-state index in [0.29, 0.717) is 24.8 Å². The van der Waals surface area contributed by atoms with Gasteiger partial charge in [-0.1, -0.05) is 0 Å². The van der Waals surface area contributed by atoms with Crippen molar-refractivity contribution in [2.45, 2.75) is 25.2 Å². The summed E-state index contributed by atoms with van der Waals surface area (Å²) in [6.45, 7) is 2.13. The van der Waals surface area contributed by atoms with Gasteiger partial charge in [0, 0.05) is 32.1 Å². The second-order valence-corrected chi connectivity index (χ2v) is 3.46. The van der Waals surface area contributed by atoms with Crippen LogP contribution in [0, 0.1) is 0 Å². The second kappa shape index (κ2) is 4.52. The highest BCUT2D eigenvalue weighted by Crippen LogP contribution is 2.25. The van der Waals surface area contributed by atoms with Gasteiger partial charge in [0.15, 0.2) is 0 Å². The van der Waals surface area contributed by atoms with E-state index in [-0.39, 0.29) is 0 Å². The van der Waals surface area contributed by atoms with Gasteiger partial charge in [-0.2, -0.15) is 0 Å². The minimum absolute atomic E-state index is 0.378. The minimum atomic E-state index is 0.378. The lowest BCUT2D eigenvalue weighted by atomic mass is 10.0. The fourth-order valence-electron chi connectivity index (χ4n) is 1.60. The van der Waals surface area contributed by atoms with Crippen LogP contribution in [-0.4, -0.2) is 30.0 Å². The zero-order valence-corrected chi connectivity index (χ0v) is 8.11. The first-order chi connectivity index (χ1) is 6.90. The molecular formula is C9H15N3O2. The second-order valence-electron chi connectivity index (χ2n) is 3.46. The van der Waals surface area contributed by atoms with Crippen LogP contribution >= 0.6 is 0 Å². The Balaban J connectivity index is 2.00. The lowest BCUT2D eigenvalue weighted by molar-refractivity contribution is 0.0791. The zero-order valence-electron chi connectivity index (χ0n) is 8.11. The van der Waals surface area contributed by atoms with E-state index in [1.165, 1.54) is 0 Å². The molecule has 1 aromatic heterocycles. The van der Waals surface area contributed by atoms with Crippen molar-refractivity contribution >= 4 is 0 Å². The Morgan fingerprint density at radius 3 is 2.79 bits per heavy atom. The van der Waals surface area contributed by atoms with Crippen molar-refractivity contribution in [1.29, 1.82) is 0 Å². The van der Waals surface area contributed by atoms with Gasteiger partial charge in [0.2, 0.25) is 11.8 Å². The molecule has 2 rings (SSSR count). The predicted octanol–water partition coefficient (Wildman–Crippen LogP) is 0.465. The fourth-order valence-corrected chi connectivity index (χ4v) is 1.60. The first kappa shape index (κ1) is 9.61. The molecule has 14 heavy (non-hydrogen) atoms. The molecule has 0 atom stereocenters. The Morgan fingerprint density at radius 1 is 1.29 bits per heavy atom. The van der Waals surface area contributed by atoms with E-state index in [1.54, 1.807) is 0 Å². The maximum absolute atomic E-state index is 5.51. The first-order valence-corrected chi connectivity index (χ1v) is 5.00. The van der Waals surface area contributed by atoms with E-state index >= 15 is 0 Å².